The van der Waals surface area contributed by atoms with Gasteiger partial charge >= 0.3 is 0 Å². The first-order chi connectivity index (χ1) is 8.61. The van der Waals surface area contributed by atoms with E-state index in [1.165, 1.54) is 12.1 Å². The van der Waals surface area contributed by atoms with E-state index in [1.54, 1.807) is 17.0 Å². The van der Waals surface area contributed by atoms with E-state index in [-0.39, 0.29) is 17.8 Å². The van der Waals surface area contributed by atoms with Crippen LogP contribution >= 0.6 is 0 Å². The number of benzene rings is 1. The van der Waals surface area contributed by atoms with Crippen molar-refractivity contribution in [3.05, 3.63) is 30.1 Å². The van der Waals surface area contributed by atoms with E-state index >= 15 is 0 Å². The van der Waals surface area contributed by atoms with Crippen molar-refractivity contribution in [1.82, 2.24) is 4.90 Å². The molecule has 1 aromatic carbocycles. The van der Waals surface area contributed by atoms with E-state index in [9.17, 15) is 9.18 Å². The quantitative estimate of drug-likeness (QED) is 0.865. The molecule has 18 heavy (non-hydrogen) atoms. The number of halogens is 1. The minimum atomic E-state index is -0.290. The lowest BCUT2D eigenvalue weighted by atomic mass is 10.2. The fourth-order valence-electron chi connectivity index (χ4n) is 2.11. The van der Waals surface area contributed by atoms with Crippen LogP contribution in [0.4, 0.5) is 10.1 Å². The molecule has 1 heterocycles. The zero-order valence-electron chi connectivity index (χ0n) is 10.5. The fourth-order valence-corrected chi connectivity index (χ4v) is 2.11. The summed E-state index contributed by atoms with van der Waals surface area (Å²) < 4.78 is 12.8. The fraction of sp³-hybridized carbons (Fsp3) is 0.462. The number of hydrogen-bond donors (Lipinski definition) is 1. The Hall–Kier alpha value is -1.46. The van der Waals surface area contributed by atoms with Gasteiger partial charge in [0.05, 0.1) is 6.54 Å². The van der Waals surface area contributed by atoms with Crippen molar-refractivity contribution in [3.63, 3.8) is 0 Å². The molecule has 98 valence electrons. The molecule has 1 aromatic rings. The number of nitrogens with zero attached hydrogens (tertiary/aromatic N) is 2. The van der Waals surface area contributed by atoms with Crippen molar-refractivity contribution in [2.75, 3.05) is 31.1 Å². The highest BCUT2D eigenvalue weighted by Crippen LogP contribution is 2.18. The van der Waals surface area contributed by atoms with E-state index in [1.807, 2.05) is 6.92 Å². The van der Waals surface area contributed by atoms with E-state index in [0.29, 0.717) is 19.6 Å². The summed E-state index contributed by atoms with van der Waals surface area (Å²) in [6, 6.07) is 6.23. The van der Waals surface area contributed by atoms with Gasteiger partial charge in [-0.3, -0.25) is 9.69 Å². The SMILES string of the molecule is CC(CN)N1CCN(c2ccc(F)cc2)C(=O)C1. The van der Waals surface area contributed by atoms with E-state index in [2.05, 4.69) is 4.90 Å². The highest BCUT2D eigenvalue weighted by atomic mass is 19.1. The van der Waals surface area contributed by atoms with Crippen LogP contribution in [-0.4, -0.2) is 43.0 Å². The minimum Gasteiger partial charge on any atom is -0.329 e. The van der Waals surface area contributed by atoms with E-state index in [4.69, 9.17) is 5.73 Å². The maximum Gasteiger partial charge on any atom is 0.241 e. The number of amides is 1. The van der Waals surface area contributed by atoms with Crippen LogP contribution in [0.2, 0.25) is 0 Å². The number of carbonyl (C=O) groups is 1. The molecule has 0 aliphatic carbocycles. The summed E-state index contributed by atoms with van der Waals surface area (Å²) in [5, 5.41) is 0. The second-order valence-electron chi connectivity index (χ2n) is 4.58. The van der Waals surface area contributed by atoms with Crippen LogP contribution in [-0.2, 0) is 4.79 Å². The van der Waals surface area contributed by atoms with Crippen molar-refractivity contribution in [3.8, 4) is 0 Å². The molecule has 1 aliphatic rings. The van der Waals surface area contributed by atoms with Crippen molar-refractivity contribution < 1.29 is 9.18 Å². The third kappa shape index (κ3) is 2.68. The van der Waals surface area contributed by atoms with Crippen molar-refractivity contribution >= 4 is 11.6 Å². The van der Waals surface area contributed by atoms with Crippen LogP contribution < -0.4 is 10.6 Å². The lowest BCUT2D eigenvalue weighted by Gasteiger charge is -2.37. The normalized spacial score (nSPS) is 19.1. The summed E-state index contributed by atoms with van der Waals surface area (Å²) in [7, 11) is 0. The van der Waals surface area contributed by atoms with Gasteiger partial charge in [0.2, 0.25) is 5.91 Å². The number of anilines is 1. The second-order valence-corrected chi connectivity index (χ2v) is 4.58. The first-order valence-electron chi connectivity index (χ1n) is 6.12. The Bertz CT molecular complexity index is 421. The largest absolute Gasteiger partial charge is 0.329 e. The standard InChI is InChI=1S/C13H18FN3O/c1-10(8-15)16-6-7-17(13(18)9-16)12-4-2-11(14)3-5-12/h2-5,10H,6-9,15H2,1H3. The van der Waals surface area contributed by atoms with Gasteiger partial charge in [-0.25, -0.2) is 4.39 Å². The monoisotopic (exact) mass is 251 g/mol. The molecular weight excluding hydrogens is 233 g/mol. The third-order valence-electron chi connectivity index (χ3n) is 3.35. The first kappa shape index (κ1) is 13.0. The highest BCUT2D eigenvalue weighted by Gasteiger charge is 2.27. The molecule has 1 amide bonds. The molecule has 1 saturated heterocycles. The maximum atomic E-state index is 12.8. The summed E-state index contributed by atoms with van der Waals surface area (Å²) >= 11 is 0. The average Bonchev–Trinajstić information content (AvgIpc) is 2.39. The first-order valence-corrected chi connectivity index (χ1v) is 6.12. The van der Waals surface area contributed by atoms with Gasteiger partial charge in [0.25, 0.3) is 0 Å². The predicted molar refractivity (Wildman–Crippen MR) is 68.8 cm³/mol. The van der Waals surface area contributed by atoms with Gasteiger partial charge in [-0.15, -0.1) is 0 Å². The van der Waals surface area contributed by atoms with Crippen LogP contribution in [0, 0.1) is 5.82 Å². The van der Waals surface area contributed by atoms with Gasteiger partial charge in [0.1, 0.15) is 5.82 Å². The average molecular weight is 251 g/mol. The van der Waals surface area contributed by atoms with Gasteiger partial charge in [0.15, 0.2) is 0 Å². The number of rotatable bonds is 3. The van der Waals surface area contributed by atoms with E-state index < -0.39 is 0 Å². The lowest BCUT2D eigenvalue weighted by molar-refractivity contribution is -0.121. The Morgan fingerprint density at radius 2 is 2.00 bits per heavy atom. The Labute approximate surface area is 106 Å². The molecule has 0 aromatic heterocycles. The summed E-state index contributed by atoms with van der Waals surface area (Å²) in [6.07, 6.45) is 0. The Balaban J connectivity index is 2.05. The molecule has 5 heteroatoms. The topological polar surface area (TPSA) is 49.6 Å². The van der Waals surface area contributed by atoms with Crippen LogP contribution in [0.15, 0.2) is 24.3 Å². The van der Waals surface area contributed by atoms with Crippen molar-refractivity contribution in [2.24, 2.45) is 5.73 Å². The molecule has 0 radical (unpaired) electrons. The highest BCUT2D eigenvalue weighted by molar-refractivity contribution is 5.95. The molecule has 4 nitrogen and oxygen atoms in total. The van der Waals surface area contributed by atoms with Crippen molar-refractivity contribution in [1.29, 1.82) is 0 Å². The summed E-state index contributed by atoms with van der Waals surface area (Å²) in [6.45, 7) is 4.34. The minimum absolute atomic E-state index is 0.0353. The molecule has 1 aliphatic heterocycles. The Kier molecular flexibility index (Phi) is 3.93. The molecule has 2 N–H and O–H groups in total. The Morgan fingerprint density at radius 1 is 1.33 bits per heavy atom. The number of hydrogen-bond acceptors (Lipinski definition) is 3. The molecule has 1 atom stereocenters. The second kappa shape index (κ2) is 5.46. The zero-order valence-corrected chi connectivity index (χ0v) is 10.5. The van der Waals surface area contributed by atoms with Gasteiger partial charge in [-0.1, -0.05) is 0 Å². The molecule has 1 fully saturated rings. The number of piperazine rings is 1. The summed E-state index contributed by atoms with van der Waals surface area (Å²) in [5.74, 6) is -0.255. The molecule has 2 rings (SSSR count). The summed E-state index contributed by atoms with van der Waals surface area (Å²) in [5.41, 5.74) is 6.35. The van der Waals surface area contributed by atoms with Crippen LogP contribution in [0.25, 0.3) is 0 Å². The number of carbonyl (C=O) groups excluding carboxylic acids is 1. The van der Waals surface area contributed by atoms with Crippen LogP contribution in [0.3, 0.4) is 0 Å². The number of nitrogens with two attached hydrogens (primary N) is 1. The van der Waals surface area contributed by atoms with Crippen LogP contribution in [0.5, 0.6) is 0 Å². The predicted octanol–water partition coefficient (Wildman–Crippen LogP) is 0.821. The molecule has 1 unspecified atom stereocenters. The molecule has 0 spiro atoms. The van der Waals surface area contributed by atoms with Gasteiger partial charge < -0.3 is 10.6 Å². The van der Waals surface area contributed by atoms with Gasteiger partial charge in [-0.2, -0.15) is 0 Å². The Morgan fingerprint density at radius 3 is 2.56 bits per heavy atom. The summed E-state index contributed by atoms with van der Waals surface area (Å²) in [4.78, 5) is 15.8. The zero-order chi connectivity index (χ0) is 13.1. The van der Waals surface area contributed by atoms with Crippen molar-refractivity contribution in [2.45, 2.75) is 13.0 Å². The molecule has 0 bridgehead atoms. The van der Waals surface area contributed by atoms with Gasteiger partial charge in [-0.05, 0) is 31.2 Å². The smallest absolute Gasteiger partial charge is 0.241 e. The maximum absolute atomic E-state index is 12.8. The van der Waals surface area contributed by atoms with Gasteiger partial charge in [0, 0.05) is 31.4 Å². The van der Waals surface area contributed by atoms with E-state index in [0.717, 1.165) is 12.2 Å². The molecular formula is C13H18FN3O. The van der Waals surface area contributed by atoms with Crippen LogP contribution in [0.1, 0.15) is 6.92 Å². The lowest BCUT2D eigenvalue weighted by Crippen LogP contribution is -2.54. The molecule has 0 saturated carbocycles. The third-order valence-corrected chi connectivity index (χ3v) is 3.35.